The number of hydrogen-bond donors (Lipinski definition) is 2. The highest BCUT2D eigenvalue weighted by Gasteiger charge is 2.13. The molecule has 11 heavy (non-hydrogen) atoms. The number of rotatable bonds is 0. The summed E-state index contributed by atoms with van der Waals surface area (Å²) in [7, 11) is 0. The lowest BCUT2D eigenvalue weighted by Crippen LogP contribution is -1.80. The van der Waals surface area contributed by atoms with Gasteiger partial charge in [0.05, 0.1) is 5.02 Å². The first kappa shape index (κ1) is 8.43. The molecule has 0 spiro atoms. The Morgan fingerprint density at radius 2 is 1.82 bits per heavy atom. The highest BCUT2D eigenvalue weighted by molar-refractivity contribution is 6.36. The summed E-state index contributed by atoms with van der Waals surface area (Å²) in [6.45, 7) is 0. The van der Waals surface area contributed by atoms with Crippen LogP contribution >= 0.6 is 23.2 Å². The van der Waals surface area contributed by atoms with Gasteiger partial charge in [-0.3, -0.25) is 0 Å². The summed E-state index contributed by atoms with van der Waals surface area (Å²) < 4.78 is 12.6. The van der Waals surface area contributed by atoms with Gasteiger partial charge >= 0.3 is 0 Å². The van der Waals surface area contributed by atoms with Crippen LogP contribution in [0.25, 0.3) is 0 Å². The van der Waals surface area contributed by atoms with Crippen LogP contribution in [-0.2, 0) is 0 Å². The van der Waals surface area contributed by atoms with Crippen LogP contribution in [0.15, 0.2) is 6.07 Å². The second-order valence-corrected chi connectivity index (χ2v) is 2.64. The van der Waals surface area contributed by atoms with E-state index in [1.54, 1.807) is 0 Å². The van der Waals surface area contributed by atoms with E-state index >= 15 is 0 Å². The summed E-state index contributed by atoms with van der Waals surface area (Å²) in [6.07, 6.45) is 0. The molecule has 2 nitrogen and oxygen atoms in total. The third-order valence-corrected chi connectivity index (χ3v) is 1.74. The third kappa shape index (κ3) is 1.34. The van der Waals surface area contributed by atoms with Gasteiger partial charge in [0.25, 0.3) is 0 Å². The molecule has 0 bridgehead atoms. The fourth-order valence-electron chi connectivity index (χ4n) is 0.573. The third-order valence-electron chi connectivity index (χ3n) is 1.12. The van der Waals surface area contributed by atoms with Crippen molar-refractivity contribution >= 4 is 23.2 Å². The Morgan fingerprint density at radius 1 is 1.27 bits per heavy atom. The highest BCUT2D eigenvalue weighted by Crippen LogP contribution is 2.38. The van der Waals surface area contributed by atoms with E-state index in [2.05, 4.69) is 0 Å². The van der Waals surface area contributed by atoms with Crippen molar-refractivity contribution in [3.8, 4) is 11.5 Å². The standard InChI is InChI=1S/C6H3Cl2FO2/c7-2-1-3(10)6(11)4(8)5(2)9/h1,10-11H. The van der Waals surface area contributed by atoms with Gasteiger partial charge in [-0.25, -0.2) is 4.39 Å². The molecule has 5 heteroatoms. The van der Waals surface area contributed by atoms with Crippen LogP contribution in [0.2, 0.25) is 10.0 Å². The van der Waals surface area contributed by atoms with E-state index in [1.165, 1.54) is 0 Å². The Kier molecular flexibility index (Phi) is 2.11. The molecule has 0 aliphatic rings. The van der Waals surface area contributed by atoms with E-state index in [4.69, 9.17) is 33.4 Å². The SMILES string of the molecule is Oc1cc(Cl)c(F)c(Cl)c1O. The van der Waals surface area contributed by atoms with Gasteiger partial charge < -0.3 is 10.2 Å². The number of phenolic OH excluding ortho intramolecular Hbond substituents is 2. The average Bonchev–Trinajstić information content (AvgIpc) is 1.97. The molecule has 0 atom stereocenters. The molecule has 1 aromatic rings. The fraction of sp³-hybridized carbons (Fsp3) is 0. The highest BCUT2D eigenvalue weighted by atomic mass is 35.5. The van der Waals surface area contributed by atoms with E-state index in [0.717, 1.165) is 6.07 Å². The molecule has 2 N–H and O–H groups in total. The second-order valence-electron chi connectivity index (χ2n) is 1.85. The van der Waals surface area contributed by atoms with Crippen LogP contribution in [0.3, 0.4) is 0 Å². The van der Waals surface area contributed by atoms with Gasteiger partial charge in [0.1, 0.15) is 5.02 Å². The molecule has 0 saturated carbocycles. The zero-order valence-electron chi connectivity index (χ0n) is 5.11. The molecule has 0 saturated heterocycles. The normalized spacial score (nSPS) is 10.1. The quantitative estimate of drug-likeness (QED) is 0.495. The van der Waals surface area contributed by atoms with Crippen LogP contribution in [0.1, 0.15) is 0 Å². The maximum Gasteiger partial charge on any atom is 0.179 e. The topological polar surface area (TPSA) is 40.5 Å². The zero-order chi connectivity index (χ0) is 8.59. The van der Waals surface area contributed by atoms with Crippen molar-refractivity contribution in [1.29, 1.82) is 0 Å². The molecule has 0 aromatic heterocycles. The lowest BCUT2D eigenvalue weighted by molar-refractivity contribution is 0.400. The largest absolute Gasteiger partial charge is 0.504 e. The maximum atomic E-state index is 12.6. The van der Waals surface area contributed by atoms with Crippen molar-refractivity contribution in [1.82, 2.24) is 0 Å². The Hall–Kier alpha value is -0.670. The molecule has 0 amide bonds. The molecule has 0 heterocycles. The summed E-state index contributed by atoms with van der Waals surface area (Å²) in [5.74, 6) is -2.18. The van der Waals surface area contributed by atoms with Crippen molar-refractivity contribution in [2.45, 2.75) is 0 Å². The van der Waals surface area contributed by atoms with Gasteiger partial charge in [-0.1, -0.05) is 23.2 Å². The number of phenols is 2. The van der Waals surface area contributed by atoms with E-state index in [9.17, 15) is 4.39 Å². The number of hydrogen-bond acceptors (Lipinski definition) is 2. The minimum absolute atomic E-state index is 0.328. The molecule has 0 aliphatic heterocycles. The molecular formula is C6H3Cl2FO2. The van der Waals surface area contributed by atoms with Crippen LogP contribution < -0.4 is 0 Å². The summed E-state index contributed by atoms with van der Waals surface area (Å²) in [5.41, 5.74) is 0. The first-order chi connectivity index (χ1) is 5.04. The molecule has 0 radical (unpaired) electrons. The number of halogens is 3. The van der Waals surface area contributed by atoms with Crippen LogP contribution in [0.4, 0.5) is 4.39 Å². The van der Waals surface area contributed by atoms with Crippen LogP contribution in [-0.4, -0.2) is 10.2 Å². The number of benzene rings is 1. The van der Waals surface area contributed by atoms with Gasteiger partial charge in [0, 0.05) is 6.07 Å². The Morgan fingerprint density at radius 3 is 2.36 bits per heavy atom. The first-order valence-corrected chi connectivity index (χ1v) is 3.35. The first-order valence-electron chi connectivity index (χ1n) is 2.59. The lowest BCUT2D eigenvalue weighted by atomic mass is 10.3. The van der Waals surface area contributed by atoms with Gasteiger partial charge in [0.2, 0.25) is 0 Å². The Bertz CT molecular complexity index is 275. The van der Waals surface area contributed by atoms with Crippen molar-refractivity contribution in [3.05, 3.63) is 21.9 Å². The molecule has 1 aromatic carbocycles. The van der Waals surface area contributed by atoms with Crippen molar-refractivity contribution < 1.29 is 14.6 Å². The molecule has 60 valence electrons. The Labute approximate surface area is 71.8 Å². The average molecular weight is 197 g/mol. The van der Waals surface area contributed by atoms with Crippen LogP contribution in [0.5, 0.6) is 11.5 Å². The van der Waals surface area contributed by atoms with Gasteiger partial charge in [-0.05, 0) is 0 Å². The van der Waals surface area contributed by atoms with E-state index in [0.29, 0.717) is 0 Å². The summed E-state index contributed by atoms with van der Waals surface area (Å²) in [5, 5.41) is 16.7. The number of aromatic hydroxyl groups is 2. The second kappa shape index (κ2) is 2.75. The maximum absolute atomic E-state index is 12.6. The van der Waals surface area contributed by atoms with Gasteiger partial charge in [-0.15, -0.1) is 0 Å². The predicted octanol–water partition coefficient (Wildman–Crippen LogP) is 2.54. The van der Waals surface area contributed by atoms with Crippen LogP contribution in [0, 0.1) is 5.82 Å². The van der Waals surface area contributed by atoms with Gasteiger partial charge in [0.15, 0.2) is 17.3 Å². The van der Waals surface area contributed by atoms with Gasteiger partial charge in [-0.2, -0.15) is 0 Å². The van der Waals surface area contributed by atoms with E-state index < -0.39 is 22.3 Å². The summed E-state index contributed by atoms with van der Waals surface area (Å²) >= 11 is 10.5. The zero-order valence-corrected chi connectivity index (χ0v) is 6.62. The molecular weight excluding hydrogens is 194 g/mol. The fourth-order valence-corrected chi connectivity index (χ4v) is 1.02. The minimum atomic E-state index is -0.941. The monoisotopic (exact) mass is 196 g/mol. The van der Waals surface area contributed by atoms with E-state index in [1.807, 2.05) is 0 Å². The van der Waals surface area contributed by atoms with Crippen molar-refractivity contribution in [3.63, 3.8) is 0 Å². The summed E-state index contributed by atoms with van der Waals surface area (Å²) in [4.78, 5) is 0. The van der Waals surface area contributed by atoms with E-state index in [-0.39, 0.29) is 5.02 Å². The molecule has 1 rings (SSSR count). The lowest BCUT2D eigenvalue weighted by Gasteiger charge is -2.01. The molecule has 0 aliphatic carbocycles. The summed E-state index contributed by atoms with van der Waals surface area (Å²) in [6, 6.07) is 0.873. The Balaban J connectivity index is 3.46. The minimum Gasteiger partial charge on any atom is -0.504 e. The van der Waals surface area contributed by atoms with Crippen molar-refractivity contribution in [2.75, 3.05) is 0 Å². The smallest absolute Gasteiger partial charge is 0.179 e. The van der Waals surface area contributed by atoms with Crippen molar-refractivity contribution in [2.24, 2.45) is 0 Å². The predicted molar refractivity (Wildman–Crippen MR) is 39.7 cm³/mol. The molecule has 0 unspecified atom stereocenters. The molecule has 0 fully saturated rings.